The number of benzene rings is 1. The summed E-state index contributed by atoms with van der Waals surface area (Å²) in [6.45, 7) is 1.91. The van der Waals surface area contributed by atoms with Crippen molar-refractivity contribution in [2.24, 2.45) is 0 Å². The van der Waals surface area contributed by atoms with Crippen LogP contribution in [0.4, 0.5) is 8.78 Å². The molecule has 2 nitrogen and oxygen atoms in total. The van der Waals surface area contributed by atoms with E-state index < -0.39 is 11.6 Å². The monoisotopic (exact) mass is 220 g/mol. The lowest BCUT2D eigenvalue weighted by molar-refractivity contribution is 0.588. The van der Waals surface area contributed by atoms with Crippen LogP contribution >= 0.6 is 0 Å². The van der Waals surface area contributed by atoms with E-state index in [2.05, 4.69) is 9.97 Å². The maximum atomic E-state index is 13.5. The van der Waals surface area contributed by atoms with Gasteiger partial charge in [-0.15, -0.1) is 0 Å². The highest BCUT2D eigenvalue weighted by Crippen LogP contribution is 2.23. The van der Waals surface area contributed by atoms with Crippen LogP contribution in [-0.4, -0.2) is 9.97 Å². The van der Waals surface area contributed by atoms with Crippen molar-refractivity contribution in [2.75, 3.05) is 0 Å². The third-order valence-corrected chi connectivity index (χ3v) is 2.27. The molecule has 0 aliphatic carbocycles. The van der Waals surface area contributed by atoms with Gasteiger partial charge in [0.25, 0.3) is 0 Å². The third-order valence-electron chi connectivity index (χ3n) is 2.27. The highest BCUT2D eigenvalue weighted by atomic mass is 19.1. The van der Waals surface area contributed by atoms with Crippen molar-refractivity contribution < 1.29 is 8.78 Å². The van der Waals surface area contributed by atoms with Crippen molar-refractivity contribution in [3.05, 3.63) is 47.9 Å². The molecule has 16 heavy (non-hydrogen) atoms. The summed E-state index contributed by atoms with van der Waals surface area (Å²) in [6, 6.07) is 3.74. The Hall–Kier alpha value is -1.84. The van der Waals surface area contributed by atoms with Crippen molar-refractivity contribution in [1.82, 2.24) is 9.97 Å². The van der Waals surface area contributed by atoms with E-state index in [1.807, 2.05) is 6.92 Å². The first-order chi connectivity index (χ1) is 7.72. The van der Waals surface area contributed by atoms with Crippen LogP contribution in [0.3, 0.4) is 0 Å². The molecule has 0 atom stereocenters. The Labute approximate surface area is 92.0 Å². The van der Waals surface area contributed by atoms with Crippen LogP contribution in [0.15, 0.2) is 30.6 Å². The molecule has 0 spiro atoms. The molecule has 0 radical (unpaired) electrons. The lowest BCUT2D eigenvalue weighted by Crippen LogP contribution is -1.96. The molecular formula is C12H10F2N2. The van der Waals surface area contributed by atoms with Crippen LogP contribution < -0.4 is 0 Å². The predicted molar refractivity (Wildman–Crippen MR) is 56.8 cm³/mol. The normalized spacial score (nSPS) is 10.4. The maximum absolute atomic E-state index is 13.5. The van der Waals surface area contributed by atoms with Gasteiger partial charge in [0, 0.05) is 6.20 Å². The second-order valence-corrected chi connectivity index (χ2v) is 3.35. The summed E-state index contributed by atoms with van der Waals surface area (Å²) in [4.78, 5) is 8.06. The fourth-order valence-corrected chi connectivity index (χ4v) is 1.44. The SMILES string of the molecule is CCc1cncc(-c2c(F)cccc2F)n1. The Balaban J connectivity index is 2.58. The van der Waals surface area contributed by atoms with Crippen LogP contribution in [0, 0.1) is 11.6 Å². The Bertz CT molecular complexity index is 492. The molecule has 2 aromatic rings. The predicted octanol–water partition coefficient (Wildman–Crippen LogP) is 2.98. The zero-order valence-corrected chi connectivity index (χ0v) is 8.74. The van der Waals surface area contributed by atoms with Gasteiger partial charge in [-0.05, 0) is 18.6 Å². The summed E-state index contributed by atoms with van der Waals surface area (Å²) in [5, 5.41) is 0. The van der Waals surface area contributed by atoms with E-state index in [9.17, 15) is 8.78 Å². The van der Waals surface area contributed by atoms with Crippen molar-refractivity contribution in [3.8, 4) is 11.3 Å². The largest absolute Gasteiger partial charge is 0.261 e. The minimum absolute atomic E-state index is 0.120. The number of nitrogens with zero attached hydrogens (tertiary/aromatic N) is 2. The fourth-order valence-electron chi connectivity index (χ4n) is 1.44. The van der Waals surface area contributed by atoms with Crippen LogP contribution in [0.1, 0.15) is 12.6 Å². The molecular weight excluding hydrogens is 210 g/mol. The van der Waals surface area contributed by atoms with E-state index in [4.69, 9.17) is 0 Å². The topological polar surface area (TPSA) is 25.8 Å². The number of rotatable bonds is 2. The van der Waals surface area contributed by atoms with E-state index in [1.54, 1.807) is 6.20 Å². The van der Waals surface area contributed by atoms with E-state index in [-0.39, 0.29) is 11.3 Å². The molecule has 2 rings (SSSR count). The standard InChI is InChI=1S/C12H10F2N2/c1-2-8-6-15-7-11(16-8)12-9(13)4-3-5-10(12)14/h3-7H,2H2,1H3. The second-order valence-electron chi connectivity index (χ2n) is 3.35. The van der Waals surface area contributed by atoms with Gasteiger partial charge in [0.15, 0.2) is 0 Å². The Kier molecular flexibility index (Phi) is 2.90. The van der Waals surface area contributed by atoms with E-state index in [0.717, 1.165) is 0 Å². The van der Waals surface area contributed by atoms with Gasteiger partial charge in [-0.1, -0.05) is 13.0 Å². The molecule has 0 aliphatic rings. The highest BCUT2D eigenvalue weighted by Gasteiger charge is 2.12. The third kappa shape index (κ3) is 1.91. The van der Waals surface area contributed by atoms with Gasteiger partial charge in [-0.3, -0.25) is 4.98 Å². The number of hydrogen-bond acceptors (Lipinski definition) is 2. The van der Waals surface area contributed by atoms with Gasteiger partial charge in [-0.25, -0.2) is 13.8 Å². The van der Waals surface area contributed by atoms with Gasteiger partial charge >= 0.3 is 0 Å². The van der Waals surface area contributed by atoms with Gasteiger partial charge in [0.1, 0.15) is 11.6 Å². The summed E-state index contributed by atoms with van der Waals surface area (Å²) in [5.41, 5.74) is 0.820. The molecule has 0 fully saturated rings. The number of hydrogen-bond donors (Lipinski definition) is 0. The Morgan fingerprint density at radius 2 is 1.81 bits per heavy atom. The number of aryl methyl sites for hydroxylation is 1. The number of aromatic nitrogens is 2. The second kappa shape index (κ2) is 4.35. The summed E-state index contributed by atoms with van der Waals surface area (Å²) < 4.78 is 26.9. The molecule has 1 heterocycles. The lowest BCUT2D eigenvalue weighted by atomic mass is 10.1. The molecule has 82 valence electrons. The van der Waals surface area contributed by atoms with E-state index in [0.29, 0.717) is 12.1 Å². The highest BCUT2D eigenvalue weighted by molar-refractivity contribution is 5.59. The van der Waals surface area contributed by atoms with Crippen molar-refractivity contribution in [3.63, 3.8) is 0 Å². The van der Waals surface area contributed by atoms with Crippen molar-refractivity contribution in [2.45, 2.75) is 13.3 Å². The Morgan fingerprint density at radius 3 is 2.44 bits per heavy atom. The zero-order chi connectivity index (χ0) is 11.5. The fraction of sp³-hybridized carbons (Fsp3) is 0.167. The van der Waals surface area contributed by atoms with Crippen LogP contribution in [0.2, 0.25) is 0 Å². The lowest BCUT2D eigenvalue weighted by Gasteiger charge is -2.04. The van der Waals surface area contributed by atoms with Gasteiger partial charge in [0.2, 0.25) is 0 Å². The minimum atomic E-state index is -0.623. The van der Waals surface area contributed by atoms with Crippen molar-refractivity contribution >= 4 is 0 Å². The average molecular weight is 220 g/mol. The van der Waals surface area contributed by atoms with Crippen LogP contribution in [0.25, 0.3) is 11.3 Å². The average Bonchev–Trinajstić information content (AvgIpc) is 2.29. The Morgan fingerprint density at radius 1 is 1.12 bits per heavy atom. The molecule has 4 heteroatoms. The minimum Gasteiger partial charge on any atom is -0.261 e. The molecule has 1 aromatic carbocycles. The van der Waals surface area contributed by atoms with Gasteiger partial charge in [-0.2, -0.15) is 0 Å². The van der Waals surface area contributed by atoms with Crippen molar-refractivity contribution in [1.29, 1.82) is 0 Å². The van der Waals surface area contributed by atoms with E-state index >= 15 is 0 Å². The molecule has 0 N–H and O–H groups in total. The summed E-state index contributed by atoms with van der Waals surface area (Å²) in [7, 11) is 0. The van der Waals surface area contributed by atoms with Gasteiger partial charge < -0.3 is 0 Å². The maximum Gasteiger partial charge on any atom is 0.135 e. The summed E-state index contributed by atoms with van der Waals surface area (Å²) in [6.07, 6.45) is 3.62. The molecule has 0 unspecified atom stereocenters. The van der Waals surface area contributed by atoms with Crippen LogP contribution in [-0.2, 0) is 6.42 Å². The molecule has 0 saturated carbocycles. The zero-order valence-electron chi connectivity index (χ0n) is 8.74. The summed E-state index contributed by atoms with van der Waals surface area (Å²) >= 11 is 0. The molecule has 0 amide bonds. The smallest absolute Gasteiger partial charge is 0.135 e. The molecule has 0 aliphatic heterocycles. The first kappa shape index (κ1) is 10.7. The first-order valence-corrected chi connectivity index (χ1v) is 4.97. The molecule has 0 bridgehead atoms. The van der Waals surface area contributed by atoms with E-state index in [1.165, 1.54) is 24.4 Å². The molecule has 1 aromatic heterocycles. The molecule has 0 saturated heterocycles. The number of halogens is 2. The van der Waals surface area contributed by atoms with Crippen LogP contribution in [0.5, 0.6) is 0 Å². The quantitative estimate of drug-likeness (QED) is 0.777. The summed E-state index contributed by atoms with van der Waals surface area (Å²) in [5.74, 6) is -1.25. The first-order valence-electron chi connectivity index (χ1n) is 4.97. The van der Waals surface area contributed by atoms with Gasteiger partial charge in [0.05, 0.1) is 23.1 Å².